The topological polar surface area (TPSA) is 94.8 Å². The van der Waals surface area contributed by atoms with Gasteiger partial charge in [0.25, 0.3) is 0 Å². The number of hydrogen-bond donors (Lipinski definition) is 3. The van der Waals surface area contributed by atoms with Crippen molar-refractivity contribution in [1.82, 2.24) is 0 Å². The first-order chi connectivity index (χ1) is 18.6. The first kappa shape index (κ1) is 27.4. The smallest absolute Gasteiger partial charge is 0.228 e. The van der Waals surface area contributed by atoms with Crippen LogP contribution in [0.15, 0.2) is 89.7 Å². The molecule has 0 radical (unpaired) electrons. The molecule has 5 heteroatoms. The number of benzene rings is 3. The summed E-state index contributed by atoms with van der Waals surface area (Å²) in [4.78, 5) is 27.6. The van der Waals surface area contributed by atoms with Crippen molar-refractivity contribution in [2.75, 3.05) is 0 Å². The van der Waals surface area contributed by atoms with Crippen molar-refractivity contribution in [2.45, 2.75) is 33.6 Å². The molecule has 3 aromatic rings. The molecule has 0 saturated carbocycles. The zero-order valence-corrected chi connectivity index (χ0v) is 22.5. The summed E-state index contributed by atoms with van der Waals surface area (Å²) in [6.45, 7) is 7.10. The Morgan fingerprint density at radius 2 is 1.21 bits per heavy atom. The van der Waals surface area contributed by atoms with Gasteiger partial charge in [0.15, 0.2) is 11.5 Å². The van der Waals surface area contributed by atoms with Crippen LogP contribution >= 0.6 is 0 Å². The summed E-state index contributed by atoms with van der Waals surface area (Å²) in [5.41, 5.74) is 2.39. The van der Waals surface area contributed by atoms with Crippen molar-refractivity contribution in [2.24, 2.45) is 5.92 Å². The number of aliphatic hydroxyl groups is 1. The van der Waals surface area contributed by atoms with E-state index in [9.17, 15) is 24.9 Å². The Balaban J connectivity index is 2.06. The Kier molecular flexibility index (Phi) is 8.01. The standard InChI is InChI=1S/C34H32O5/c1-20(2)27-26(35)19-24(17-15-22-11-7-5-8-12-22)29(32(27)37)30-25(18-16-23-13-9-6-10-14-23)31(36)34(39)28(21(3)4)33(30)38/h5-21,35,37,39H,1-4H3/b17-15+,18-16+. The fourth-order valence-electron chi connectivity index (χ4n) is 4.82. The molecule has 0 fully saturated rings. The van der Waals surface area contributed by atoms with Gasteiger partial charge in [-0.05, 0) is 40.7 Å². The van der Waals surface area contributed by atoms with Gasteiger partial charge in [-0.15, -0.1) is 0 Å². The van der Waals surface area contributed by atoms with E-state index < -0.39 is 23.2 Å². The van der Waals surface area contributed by atoms with Crippen molar-refractivity contribution in [3.8, 4) is 11.5 Å². The number of rotatable bonds is 7. The third-order valence-electron chi connectivity index (χ3n) is 6.71. The molecule has 5 nitrogen and oxygen atoms in total. The summed E-state index contributed by atoms with van der Waals surface area (Å²) in [7, 11) is 0. The maximum Gasteiger partial charge on any atom is 0.228 e. The second kappa shape index (κ2) is 11.4. The fraction of sp³-hybridized carbons (Fsp3) is 0.176. The highest BCUT2D eigenvalue weighted by molar-refractivity contribution is 6.40. The number of carbonyl (C=O) groups excluding carboxylic acids is 2. The van der Waals surface area contributed by atoms with E-state index in [1.165, 1.54) is 12.1 Å². The first-order valence-electron chi connectivity index (χ1n) is 12.9. The molecule has 0 atom stereocenters. The average molecular weight is 521 g/mol. The van der Waals surface area contributed by atoms with Gasteiger partial charge in [-0.25, -0.2) is 0 Å². The van der Waals surface area contributed by atoms with Crippen LogP contribution in [0.5, 0.6) is 11.5 Å². The number of hydrogen-bond acceptors (Lipinski definition) is 5. The summed E-state index contributed by atoms with van der Waals surface area (Å²) < 4.78 is 0. The minimum atomic E-state index is -0.697. The third kappa shape index (κ3) is 5.48. The van der Waals surface area contributed by atoms with Crippen molar-refractivity contribution < 1.29 is 24.9 Å². The molecule has 0 amide bonds. The lowest BCUT2D eigenvalue weighted by Crippen LogP contribution is -2.25. The van der Waals surface area contributed by atoms with Crippen LogP contribution in [0.1, 0.15) is 61.4 Å². The quantitative estimate of drug-likeness (QED) is 0.222. The van der Waals surface area contributed by atoms with Gasteiger partial charge < -0.3 is 15.3 Å². The Morgan fingerprint density at radius 1 is 0.667 bits per heavy atom. The second-order valence-corrected chi connectivity index (χ2v) is 10.1. The molecule has 0 spiro atoms. The van der Waals surface area contributed by atoms with Gasteiger partial charge in [0.05, 0.1) is 0 Å². The minimum Gasteiger partial charge on any atom is -0.507 e. The van der Waals surface area contributed by atoms with E-state index in [2.05, 4.69) is 0 Å². The summed E-state index contributed by atoms with van der Waals surface area (Å²) in [5.74, 6) is -2.93. The van der Waals surface area contributed by atoms with Crippen LogP contribution < -0.4 is 0 Å². The highest BCUT2D eigenvalue weighted by Crippen LogP contribution is 2.46. The average Bonchev–Trinajstić information content (AvgIpc) is 2.90. The number of allylic oxidation sites excluding steroid dienone is 4. The Morgan fingerprint density at radius 3 is 1.72 bits per heavy atom. The van der Waals surface area contributed by atoms with E-state index in [0.717, 1.165) is 11.1 Å². The van der Waals surface area contributed by atoms with Crippen molar-refractivity contribution in [1.29, 1.82) is 0 Å². The SMILES string of the molecule is CC(C)C1=C(O)C(=O)C(/C=C/c2ccccc2)=C(c2c(/C=C/c3ccccc3)cc(O)c(C(C)C)c2O)C1=O. The Bertz CT molecular complexity index is 1540. The molecule has 3 N–H and O–H groups in total. The molecule has 1 aliphatic carbocycles. The van der Waals surface area contributed by atoms with Crippen LogP contribution in [0.2, 0.25) is 0 Å². The molecule has 39 heavy (non-hydrogen) atoms. The molecule has 4 rings (SSSR count). The Labute approximate surface area is 228 Å². The molecule has 0 bridgehead atoms. The number of carbonyl (C=O) groups is 2. The van der Waals surface area contributed by atoms with Crippen molar-refractivity contribution in [3.63, 3.8) is 0 Å². The summed E-state index contributed by atoms with van der Waals surface area (Å²) in [6.07, 6.45) is 6.70. The van der Waals surface area contributed by atoms with E-state index in [1.807, 2.05) is 74.5 Å². The maximum atomic E-state index is 14.0. The van der Waals surface area contributed by atoms with E-state index in [0.29, 0.717) is 5.56 Å². The van der Waals surface area contributed by atoms with Crippen molar-refractivity contribution >= 4 is 35.4 Å². The van der Waals surface area contributed by atoms with E-state index >= 15 is 0 Å². The fourth-order valence-corrected chi connectivity index (χ4v) is 4.82. The first-order valence-corrected chi connectivity index (χ1v) is 12.9. The molecular formula is C34H32O5. The monoisotopic (exact) mass is 520 g/mol. The number of phenolic OH excluding ortho intramolecular Hbond substituents is 2. The molecule has 198 valence electrons. The minimum absolute atomic E-state index is 0.0107. The van der Waals surface area contributed by atoms with Crippen LogP contribution in [0.4, 0.5) is 0 Å². The van der Waals surface area contributed by atoms with E-state index in [4.69, 9.17) is 0 Å². The maximum absolute atomic E-state index is 14.0. The number of phenols is 2. The van der Waals surface area contributed by atoms with Gasteiger partial charge in [-0.1, -0.05) is 107 Å². The van der Waals surface area contributed by atoms with E-state index in [1.54, 1.807) is 32.1 Å². The van der Waals surface area contributed by atoms with Gasteiger partial charge in [-0.2, -0.15) is 0 Å². The highest BCUT2D eigenvalue weighted by atomic mass is 16.3. The van der Waals surface area contributed by atoms with Gasteiger partial charge in [0, 0.05) is 27.8 Å². The molecule has 0 saturated heterocycles. The zero-order valence-electron chi connectivity index (χ0n) is 22.5. The molecule has 0 heterocycles. The number of aliphatic hydroxyl groups excluding tert-OH is 1. The van der Waals surface area contributed by atoms with Crippen LogP contribution in [-0.2, 0) is 9.59 Å². The largest absolute Gasteiger partial charge is 0.507 e. The molecule has 0 aliphatic heterocycles. The molecule has 0 unspecified atom stereocenters. The lowest BCUT2D eigenvalue weighted by molar-refractivity contribution is -0.117. The Hall–Kier alpha value is -4.64. The van der Waals surface area contributed by atoms with Gasteiger partial charge in [-0.3, -0.25) is 9.59 Å². The van der Waals surface area contributed by atoms with Gasteiger partial charge in [0.2, 0.25) is 5.78 Å². The highest BCUT2D eigenvalue weighted by Gasteiger charge is 2.38. The predicted molar refractivity (Wildman–Crippen MR) is 156 cm³/mol. The predicted octanol–water partition coefficient (Wildman–Crippen LogP) is 7.48. The number of Topliss-reactive ketones (excluding diaryl/α,β-unsaturated/α-hetero) is 2. The van der Waals surface area contributed by atoms with Crippen molar-refractivity contribution in [3.05, 3.63) is 118 Å². The lowest BCUT2D eigenvalue weighted by Gasteiger charge is -2.25. The van der Waals surface area contributed by atoms with Crippen LogP contribution in [0, 0.1) is 5.92 Å². The lowest BCUT2D eigenvalue weighted by atomic mass is 9.77. The van der Waals surface area contributed by atoms with Crippen LogP contribution in [-0.4, -0.2) is 26.9 Å². The summed E-state index contributed by atoms with van der Waals surface area (Å²) >= 11 is 0. The second-order valence-electron chi connectivity index (χ2n) is 10.1. The van der Waals surface area contributed by atoms with Crippen LogP contribution in [0.25, 0.3) is 23.8 Å². The number of ketones is 2. The normalized spacial score (nSPS) is 14.6. The molecule has 3 aromatic carbocycles. The molecular weight excluding hydrogens is 488 g/mol. The zero-order chi connectivity index (χ0) is 28.3. The molecule has 0 aromatic heterocycles. The van der Waals surface area contributed by atoms with Gasteiger partial charge >= 0.3 is 0 Å². The van der Waals surface area contributed by atoms with E-state index in [-0.39, 0.29) is 45.3 Å². The molecule has 1 aliphatic rings. The third-order valence-corrected chi connectivity index (χ3v) is 6.71. The van der Waals surface area contributed by atoms with Crippen LogP contribution in [0.3, 0.4) is 0 Å². The summed E-state index contributed by atoms with van der Waals surface area (Å²) in [6, 6.07) is 20.2. The summed E-state index contributed by atoms with van der Waals surface area (Å²) in [5, 5.41) is 33.2. The van der Waals surface area contributed by atoms with Gasteiger partial charge in [0.1, 0.15) is 11.5 Å². The number of aromatic hydroxyl groups is 2.